The van der Waals surface area contributed by atoms with E-state index in [2.05, 4.69) is 47.1 Å². The molecule has 120 valence electrons. The van der Waals surface area contributed by atoms with Crippen molar-refractivity contribution in [2.75, 3.05) is 32.7 Å². The maximum absolute atomic E-state index is 2.65. The molecule has 1 saturated heterocycles. The predicted molar refractivity (Wildman–Crippen MR) is 93.9 cm³/mol. The standard InChI is InChI=1S/C20H30N2/c1-18(20-10-6-3-7-11-20)16-21-12-14-22(15-13-21)17-19-8-4-2-5-9-19/h2,4-5,8-9H,3,6-7,10-17H2,1H3. The van der Waals surface area contributed by atoms with E-state index in [-0.39, 0.29) is 0 Å². The van der Waals surface area contributed by atoms with Gasteiger partial charge in [-0.3, -0.25) is 9.80 Å². The van der Waals surface area contributed by atoms with E-state index in [0.717, 1.165) is 6.54 Å². The van der Waals surface area contributed by atoms with Crippen molar-refractivity contribution >= 4 is 0 Å². The summed E-state index contributed by atoms with van der Waals surface area (Å²) in [5, 5.41) is 0. The highest BCUT2D eigenvalue weighted by molar-refractivity contribution is 5.16. The first-order valence-electron chi connectivity index (χ1n) is 8.97. The summed E-state index contributed by atoms with van der Waals surface area (Å²) in [6, 6.07) is 10.9. The summed E-state index contributed by atoms with van der Waals surface area (Å²) in [7, 11) is 0. The van der Waals surface area contributed by atoms with Gasteiger partial charge in [0.05, 0.1) is 0 Å². The van der Waals surface area contributed by atoms with Crippen molar-refractivity contribution in [3.05, 3.63) is 47.0 Å². The Labute approximate surface area is 135 Å². The molecule has 3 rings (SSSR count). The van der Waals surface area contributed by atoms with Gasteiger partial charge in [0, 0.05) is 39.3 Å². The smallest absolute Gasteiger partial charge is 0.0234 e. The number of nitrogens with zero attached hydrogens (tertiary/aromatic N) is 2. The van der Waals surface area contributed by atoms with Gasteiger partial charge in [-0.2, -0.15) is 0 Å². The van der Waals surface area contributed by atoms with E-state index in [1.165, 1.54) is 70.4 Å². The molecule has 2 fully saturated rings. The third-order valence-electron chi connectivity index (χ3n) is 5.24. The largest absolute Gasteiger partial charge is 0.297 e. The van der Waals surface area contributed by atoms with Gasteiger partial charge in [-0.25, -0.2) is 0 Å². The first-order valence-corrected chi connectivity index (χ1v) is 8.97. The molecule has 1 saturated carbocycles. The van der Waals surface area contributed by atoms with E-state index < -0.39 is 0 Å². The molecule has 0 radical (unpaired) electrons. The van der Waals surface area contributed by atoms with Crippen LogP contribution in [0, 0.1) is 0 Å². The third kappa shape index (κ3) is 4.44. The van der Waals surface area contributed by atoms with Crippen molar-refractivity contribution in [3.8, 4) is 0 Å². The van der Waals surface area contributed by atoms with Gasteiger partial charge in [0.2, 0.25) is 0 Å². The molecule has 2 aliphatic rings. The molecule has 1 aliphatic heterocycles. The van der Waals surface area contributed by atoms with Gasteiger partial charge in [0.1, 0.15) is 0 Å². The van der Waals surface area contributed by atoms with Gasteiger partial charge in [0.15, 0.2) is 0 Å². The van der Waals surface area contributed by atoms with Crippen molar-refractivity contribution in [2.24, 2.45) is 0 Å². The van der Waals surface area contributed by atoms with Gasteiger partial charge in [0.25, 0.3) is 0 Å². The maximum Gasteiger partial charge on any atom is 0.0234 e. The fourth-order valence-corrected chi connectivity index (χ4v) is 3.80. The highest BCUT2D eigenvalue weighted by atomic mass is 15.3. The summed E-state index contributed by atoms with van der Waals surface area (Å²) < 4.78 is 0. The van der Waals surface area contributed by atoms with E-state index >= 15 is 0 Å². The number of hydrogen-bond acceptors (Lipinski definition) is 2. The molecule has 2 heteroatoms. The molecule has 0 aromatic heterocycles. The quantitative estimate of drug-likeness (QED) is 0.773. The predicted octanol–water partition coefficient (Wildman–Crippen LogP) is 4.08. The van der Waals surface area contributed by atoms with E-state index in [4.69, 9.17) is 0 Å². The summed E-state index contributed by atoms with van der Waals surface area (Å²) >= 11 is 0. The Hall–Kier alpha value is -1.12. The van der Waals surface area contributed by atoms with E-state index in [0.29, 0.717) is 0 Å². The summed E-state index contributed by atoms with van der Waals surface area (Å²) in [6.07, 6.45) is 6.99. The lowest BCUT2D eigenvalue weighted by Crippen LogP contribution is -2.46. The van der Waals surface area contributed by atoms with Crippen LogP contribution in [-0.2, 0) is 6.54 Å². The molecule has 0 spiro atoms. The first-order chi connectivity index (χ1) is 10.8. The van der Waals surface area contributed by atoms with Gasteiger partial charge in [-0.1, -0.05) is 47.9 Å². The SMILES string of the molecule is CC(CN1CCN(Cc2ccccc2)CC1)=C1CCCCC1. The van der Waals surface area contributed by atoms with E-state index in [1.807, 2.05) is 0 Å². The molecule has 1 aliphatic carbocycles. The summed E-state index contributed by atoms with van der Waals surface area (Å²) in [6.45, 7) is 9.53. The maximum atomic E-state index is 2.65. The van der Waals surface area contributed by atoms with Crippen LogP contribution in [-0.4, -0.2) is 42.5 Å². The number of piperazine rings is 1. The Morgan fingerprint density at radius 1 is 0.864 bits per heavy atom. The van der Waals surface area contributed by atoms with Gasteiger partial charge in [-0.15, -0.1) is 0 Å². The number of rotatable bonds is 4. The van der Waals surface area contributed by atoms with Crippen LogP contribution in [0.15, 0.2) is 41.5 Å². The topological polar surface area (TPSA) is 6.48 Å². The van der Waals surface area contributed by atoms with Crippen molar-refractivity contribution in [3.63, 3.8) is 0 Å². The lowest BCUT2D eigenvalue weighted by Gasteiger charge is -2.35. The van der Waals surface area contributed by atoms with Crippen LogP contribution in [0.5, 0.6) is 0 Å². The minimum atomic E-state index is 1.11. The Bertz CT molecular complexity index is 476. The highest BCUT2D eigenvalue weighted by Gasteiger charge is 2.18. The van der Waals surface area contributed by atoms with Gasteiger partial charge < -0.3 is 0 Å². The van der Waals surface area contributed by atoms with Crippen LogP contribution < -0.4 is 0 Å². The molecule has 1 heterocycles. The molecule has 1 aromatic rings. The van der Waals surface area contributed by atoms with Crippen molar-refractivity contribution in [2.45, 2.75) is 45.6 Å². The summed E-state index contributed by atoms with van der Waals surface area (Å²) in [5.74, 6) is 0. The Balaban J connectivity index is 1.45. The van der Waals surface area contributed by atoms with Crippen LogP contribution in [0.2, 0.25) is 0 Å². The fraction of sp³-hybridized carbons (Fsp3) is 0.600. The second-order valence-electron chi connectivity index (χ2n) is 6.98. The molecule has 2 nitrogen and oxygen atoms in total. The average Bonchev–Trinajstić information content (AvgIpc) is 2.58. The number of allylic oxidation sites excluding steroid dienone is 1. The molecule has 0 bridgehead atoms. The van der Waals surface area contributed by atoms with Crippen LogP contribution in [0.1, 0.15) is 44.6 Å². The number of hydrogen-bond donors (Lipinski definition) is 0. The second kappa shape index (κ2) is 7.94. The van der Waals surface area contributed by atoms with Crippen molar-refractivity contribution in [1.29, 1.82) is 0 Å². The average molecular weight is 298 g/mol. The number of benzene rings is 1. The minimum Gasteiger partial charge on any atom is -0.297 e. The lowest BCUT2D eigenvalue weighted by molar-refractivity contribution is 0.134. The minimum absolute atomic E-state index is 1.11. The molecule has 0 N–H and O–H groups in total. The van der Waals surface area contributed by atoms with Gasteiger partial charge >= 0.3 is 0 Å². The monoisotopic (exact) mass is 298 g/mol. The zero-order chi connectivity index (χ0) is 15.2. The molecule has 0 atom stereocenters. The Kier molecular flexibility index (Phi) is 5.69. The molecule has 0 amide bonds. The molecule has 22 heavy (non-hydrogen) atoms. The van der Waals surface area contributed by atoms with Crippen LogP contribution in [0.4, 0.5) is 0 Å². The van der Waals surface area contributed by atoms with E-state index in [1.54, 1.807) is 11.1 Å². The molecular formula is C20H30N2. The molecule has 0 unspecified atom stereocenters. The van der Waals surface area contributed by atoms with Crippen molar-refractivity contribution < 1.29 is 0 Å². The van der Waals surface area contributed by atoms with Crippen molar-refractivity contribution in [1.82, 2.24) is 9.80 Å². The van der Waals surface area contributed by atoms with Crippen LogP contribution in [0.3, 0.4) is 0 Å². The molecular weight excluding hydrogens is 268 g/mol. The highest BCUT2D eigenvalue weighted by Crippen LogP contribution is 2.26. The normalized spacial score (nSPS) is 21.0. The first kappa shape index (κ1) is 15.8. The van der Waals surface area contributed by atoms with E-state index in [9.17, 15) is 0 Å². The zero-order valence-corrected chi connectivity index (χ0v) is 14.1. The van der Waals surface area contributed by atoms with Gasteiger partial charge in [-0.05, 0) is 38.2 Å². The fourth-order valence-electron chi connectivity index (χ4n) is 3.80. The summed E-state index contributed by atoms with van der Waals surface area (Å²) in [5.41, 5.74) is 4.87. The lowest BCUT2D eigenvalue weighted by atomic mass is 9.91. The third-order valence-corrected chi connectivity index (χ3v) is 5.24. The Morgan fingerprint density at radius 3 is 2.18 bits per heavy atom. The second-order valence-corrected chi connectivity index (χ2v) is 6.98. The van der Waals surface area contributed by atoms with Crippen LogP contribution in [0.25, 0.3) is 0 Å². The zero-order valence-electron chi connectivity index (χ0n) is 14.1. The van der Waals surface area contributed by atoms with Crippen LogP contribution >= 0.6 is 0 Å². The molecule has 1 aromatic carbocycles. The Morgan fingerprint density at radius 2 is 1.50 bits per heavy atom. The summed E-state index contributed by atoms with van der Waals surface area (Å²) in [4.78, 5) is 5.24.